The normalized spacial score (nSPS) is 11.6. The lowest BCUT2D eigenvalue weighted by Crippen LogP contribution is -2.27. The van der Waals surface area contributed by atoms with Crippen molar-refractivity contribution in [1.29, 1.82) is 0 Å². The van der Waals surface area contributed by atoms with Crippen molar-refractivity contribution in [3.63, 3.8) is 0 Å². The molecule has 0 aromatic heterocycles. The molecule has 0 heterocycles. The number of sulfonamides is 1. The Balaban J connectivity index is 1.72. The molecule has 0 aliphatic rings. The van der Waals surface area contributed by atoms with E-state index in [0.29, 0.717) is 6.42 Å². The molecule has 0 aliphatic carbocycles. The maximum absolute atomic E-state index is 13.0. The van der Waals surface area contributed by atoms with E-state index in [0.717, 1.165) is 29.8 Å². The van der Waals surface area contributed by atoms with Crippen LogP contribution in [-0.2, 0) is 16.4 Å². The summed E-state index contributed by atoms with van der Waals surface area (Å²) < 4.78 is 81.7. The summed E-state index contributed by atoms with van der Waals surface area (Å²) in [6.45, 7) is 0.211. The molecule has 11 heteroatoms. The quantitative estimate of drug-likeness (QED) is 0.463. The first-order valence-electron chi connectivity index (χ1n) is 9.54. The fourth-order valence-corrected chi connectivity index (χ4v) is 3.99. The standard InChI is InChI=1S/C22H18F4N2O4S/c23-16-10-8-15(9-11-16)12-13-27-21(29)19-6-1-2-7-20(19)28-33(30,31)18-5-3-4-17(14-18)32-22(24,25)26/h1-11,14,28H,12-13H2,(H,27,29). The third-order valence-electron chi connectivity index (χ3n) is 4.38. The number of rotatable bonds is 8. The van der Waals surface area contributed by atoms with E-state index in [9.17, 15) is 30.8 Å². The number of alkyl halides is 3. The molecule has 0 fully saturated rings. The SMILES string of the molecule is O=C(NCCc1ccc(F)cc1)c1ccccc1NS(=O)(=O)c1cccc(OC(F)(F)F)c1. The van der Waals surface area contributed by atoms with Gasteiger partial charge in [-0.2, -0.15) is 0 Å². The minimum Gasteiger partial charge on any atom is -0.406 e. The summed E-state index contributed by atoms with van der Waals surface area (Å²) in [5.74, 6) is -1.64. The molecule has 1 amide bonds. The predicted molar refractivity (Wildman–Crippen MR) is 113 cm³/mol. The molecule has 0 saturated carbocycles. The van der Waals surface area contributed by atoms with E-state index in [2.05, 4.69) is 14.8 Å². The summed E-state index contributed by atoms with van der Waals surface area (Å²) >= 11 is 0. The summed E-state index contributed by atoms with van der Waals surface area (Å²) in [5, 5.41) is 2.65. The fourth-order valence-electron chi connectivity index (χ4n) is 2.88. The van der Waals surface area contributed by atoms with Gasteiger partial charge in [0.1, 0.15) is 11.6 Å². The van der Waals surface area contributed by atoms with Crippen LogP contribution in [0.2, 0.25) is 0 Å². The number of carbonyl (C=O) groups excluding carboxylic acids is 1. The molecule has 2 N–H and O–H groups in total. The van der Waals surface area contributed by atoms with E-state index < -0.39 is 32.9 Å². The van der Waals surface area contributed by atoms with Gasteiger partial charge in [-0.3, -0.25) is 9.52 Å². The lowest BCUT2D eigenvalue weighted by molar-refractivity contribution is -0.274. The summed E-state index contributed by atoms with van der Waals surface area (Å²) in [5.41, 5.74) is 0.758. The Labute approximate surface area is 187 Å². The van der Waals surface area contributed by atoms with E-state index in [1.54, 1.807) is 12.1 Å². The topological polar surface area (TPSA) is 84.5 Å². The van der Waals surface area contributed by atoms with Gasteiger partial charge in [-0.05, 0) is 48.4 Å². The number of ether oxygens (including phenoxy) is 1. The molecule has 6 nitrogen and oxygen atoms in total. The maximum Gasteiger partial charge on any atom is 0.573 e. The highest BCUT2D eigenvalue weighted by molar-refractivity contribution is 7.92. The van der Waals surface area contributed by atoms with E-state index in [1.165, 1.54) is 36.4 Å². The molecule has 0 unspecified atom stereocenters. The van der Waals surface area contributed by atoms with Gasteiger partial charge in [-0.1, -0.05) is 30.3 Å². The van der Waals surface area contributed by atoms with Crippen molar-refractivity contribution in [2.75, 3.05) is 11.3 Å². The molecular formula is C22H18F4N2O4S. The molecule has 0 aliphatic heterocycles. The van der Waals surface area contributed by atoms with Gasteiger partial charge >= 0.3 is 6.36 Å². The van der Waals surface area contributed by atoms with E-state index in [1.807, 2.05) is 0 Å². The molecule has 3 aromatic rings. The number of hydrogen-bond donors (Lipinski definition) is 2. The smallest absolute Gasteiger partial charge is 0.406 e. The highest BCUT2D eigenvalue weighted by Crippen LogP contribution is 2.26. The largest absolute Gasteiger partial charge is 0.573 e. The number of hydrogen-bond acceptors (Lipinski definition) is 4. The second-order valence-electron chi connectivity index (χ2n) is 6.81. The van der Waals surface area contributed by atoms with Gasteiger partial charge in [0.05, 0.1) is 16.1 Å². The average molecular weight is 482 g/mol. The number of amides is 1. The van der Waals surface area contributed by atoms with Gasteiger partial charge < -0.3 is 10.1 Å². The second kappa shape index (κ2) is 9.90. The zero-order chi connectivity index (χ0) is 24.1. The van der Waals surface area contributed by atoms with Crippen molar-refractivity contribution in [3.05, 3.63) is 89.7 Å². The lowest BCUT2D eigenvalue weighted by Gasteiger charge is -2.14. The number of para-hydroxylation sites is 1. The highest BCUT2D eigenvalue weighted by atomic mass is 32.2. The molecule has 0 radical (unpaired) electrons. The fraction of sp³-hybridized carbons (Fsp3) is 0.136. The van der Waals surface area contributed by atoms with Crippen molar-refractivity contribution in [2.24, 2.45) is 0 Å². The highest BCUT2D eigenvalue weighted by Gasteiger charge is 2.31. The summed E-state index contributed by atoms with van der Waals surface area (Å²) in [7, 11) is -4.33. The van der Waals surface area contributed by atoms with Gasteiger partial charge in [0.2, 0.25) is 0 Å². The number of benzene rings is 3. The van der Waals surface area contributed by atoms with Gasteiger partial charge in [0, 0.05) is 12.6 Å². The maximum atomic E-state index is 13.0. The first kappa shape index (κ1) is 24.1. The van der Waals surface area contributed by atoms with Gasteiger partial charge in [0.15, 0.2) is 0 Å². The Morgan fingerprint density at radius 2 is 1.64 bits per heavy atom. The van der Waals surface area contributed by atoms with Crippen LogP contribution < -0.4 is 14.8 Å². The molecule has 0 saturated heterocycles. The monoisotopic (exact) mass is 482 g/mol. The van der Waals surface area contributed by atoms with Crippen molar-refractivity contribution >= 4 is 21.6 Å². The molecule has 0 bridgehead atoms. The van der Waals surface area contributed by atoms with Crippen LogP contribution in [0.3, 0.4) is 0 Å². The molecule has 174 valence electrons. The Hall–Kier alpha value is -3.60. The van der Waals surface area contributed by atoms with Crippen LogP contribution in [0.5, 0.6) is 5.75 Å². The predicted octanol–water partition coefficient (Wildman–Crippen LogP) is 4.50. The van der Waals surface area contributed by atoms with Crippen LogP contribution in [0.25, 0.3) is 0 Å². The Kier molecular flexibility index (Phi) is 7.22. The van der Waals surface area contributed by atoms with Crippen LogP contribution in [-0.4, -0.2) is 27.2 Å². The van der Waals surface area contributed by atoms with Gasteiger partial charge in [-0.25, -0.2) is 12.8 Å². The second-order valence-corrected chi connectivity index (χ2v) is 8.49. The molecule has 33 heavy (non-hydrogen) atoms. The molecular weight excluding hydrogens is 464 g/mol. The molecule has 0 spiro atoms. The van der Waals surface area contributed by atoms with Crippen molar-refractivity contribution < 1.29 is 35.5 Å². The van der Waals surface area contributed by atoms with Crippen LogP contribution >= 0.6 is 0 Å². The first-order valence-corrected chi connectivity index (χ1v) is 11.0. The number of anilines is 1. The van der Waals surface area contributed by atoms with Crippen LogP contribution in [0.4, 0.5) is 23.2 Å². The lowest BCUT2D eigenvalue weighted by atomic mass is 10.1. The van der Waals surface area contributed by atoms with E-state index >= 15 is 0 Å². The molecule has 3 rings (SSSR count). The number of carbonyl (C=O) groups is 1. The van der Waals surface area contributed by atoms with E-state index in [4.69, 9.17) is 0 Å². The minimum atomic E-state index is -4.98. The number of halogens is 4. The van der Waals surface area contributed by atoms with E-state index in [-0.39, 0.29) is 23.6 Å². The Morgan fingerprint density at radius 3 is 2.33 bits per heavy atom. The van der Waals surface area contributed by atoms with Gasteiger partial charge in [0.25, 0.3) is 15.9 Å². The Bertz CT molecular complexity index is 1230. The van der Waals surface area contributed by atoms with Crippen LogP contribution in [0.1, 0.15) is 15.9 Å². The third-order valence-corrected chi connectivity index (χ3v) is 5.74. The third kappa shape index (κ3) is 6.94. The minimum absolute atomic E-state index is 0.0166. The molecule has 0 atom stereocenters. The summed E-state index contributed by atoms with van der Waals surface area (Å²) in [6, 6.07) is 15.4. The van der Waals surface area contributed by atoms with Crippen LogP contribution in [0, 0.1) is 5.82 Å². The van der Waals surface area contributed by atoms with Crippen molar-refractivity contribution in [1.82, 2.24) is 5.32 Å². The van der Waals surface area contributed by atoms with Crippen molar-refractivity contribution in [3.8, 4) is 5.75 Å². The average Bonchev–Trinajstić information content (AvgIpc) is 2.74. The number of nitrogens with one attached hydrogen (secondary N) is 2. The molecule has 3 aromatic carbocycles. The summed E-state index contributed by atoms with van der Waals surface area (Å²) in [4.78, 5) is 12.1. The van der Waals surface area contributed by atoms with Gasteiger partial charge in [-0.15, -0.1) is 13.2 Å². The first-order chi connectivity index (χ1) is 15.5. The zero-order valence-corrected chi connectivity index (χ0v) is 17.7. The van der Waals surface area contributed by atoms with Crippen LogP contribution in [0.15, 0.2) is 77.7 Å². The Morgan fingerprint density at radius 1 is 0.939 bits per heavy atom. The summed E-state index contributed by atoms with van der Waals surface area (Å²) in [6.07, 6.45) is -4.56. The zero-order valence-electron chi connectivity index (χ0n) is 16.9. The van der Waals surface area contributed by atoms with Crippen molar-refractivity contribution in [2.45, 2.75) is 17.7 Å².